The summed E-state index contributed by atoms with van der Waals surface area (Å²) in [6, 6.07) is 8.59. The first-order valence-corrected chi connectivity index (χ1v) is 8.69. The van der Waals surface area contributed by atoms with E-state index >= 15 is 0 Å². The molecule has 2 aromatic rings. The first-order chi connectivity index (χ1) is 11.6. The van der Waals surface area contributed by atoms with Gasteiger partial charge in [0.25, 0.3) is 0 Å². The van der Waals surface area contributed by atoms with Crippen LogP contribution in [-0.2, 0) is 13.6 Å². The van der Waals surface area contributed by atoms with Crippen LogP contribution in [0.4, 0.5) is 5.69 Å². The van der Waals surface area contributed by atoms with Gasteiger partial charge in [0, 0.05) is 45.8 Å². The zero-order valence-electron chi connectivity index (χ0n) is 14.9. The Balaban J connectivity index is 1.59. The molecule has 1 aliphatic heterocycles. The summed E-state index contributed by atoms with van der Waals surface area (Å²) >= 11 is 0. The number of anilines is 1. The fourth-order valence-electron chi connectivity index (χ4n) is 3.62. The molecule has 5 nitrogen and oxygen atoms in total. The van der Waals surface area contributed by atoms with E-state index in [0.29, 0.717) is 5.92 Å². The third-order valence-corrected chi connectivity index (χ3v) is 5.07. The maximum Gasteiger partial charge on any atom is 0.137 e. The van der Waals surface area contributed by atoms with Crippen molar-refractivity contribution in [2.75, 3.05) is 32.1 Å². The number of hydrogen-bond donors (Lipinski definition) is 1. The lowest BCUT2D eigenvalue weighted by Crippen LogP contribution is -2.36. The van der Waals surface area contributed by atoms with Gasteiger partial charge in [0.05, 0.1) is 0 Å². The second-order valence-corrected chi connectivity index (χ2v) is 6.98. The zero-order chi connectivity index (χ0) is 17.1. The van der Waals surface area contributed by atoms with Crippen molar-refractivity contribution in [2.24, 2.45) is 13.0 Å². The van der Waals surface area contributed by atoms with Crippen molar-refractivity contribution in [1.29, 1.82) is 0 Å². The maximum absolute atomic E-state index is 10.6. The lowest BCUT2D eigenvalue weighted by Gasteiger charge is -2.34. The van der Waals surface area contributed by atoms with Gasteiger partial charge in [-0.05, 0) is 43.5 Å². The van der Waals surface area contributed by atoms with Crippen LogP contribution in [0, 0.1) is 5.92 Å². The van der Waals surface area contributed by atoms with E-state index in [2.05, 4.69) is 53.1 Å². The SMILES string of the molecule is CN(C)c1ccccc1CN1CCC(C(O)c2nccn2C)CC1. The standard InChI is InChI=1S/C19H28N4O/c1-21(2)17-7-5-4-6-16(17)14-23-11-8-15(9-12-23)18(24)19-20-10-13-22(19)3/h4-7,10,13,15,18,24H,8-9,11-12,14H2,1-3H3. The monoisotopic (exact) mass is 328 g/mol. The number of rotatable bonds is 5. The molecule has 0 radical (unpaired) electrons. The lowest BCUT2D eigenvalue weighted by atomic mass is 9.90. The van der Waals surface area contributed by atoms with Gasteiger partial charge in [-0.2, -0.15) is 0 Å². The first-order valence-electron chi connectivity index (χ1n) is 8.69. The summed E-state index contributed by atoms with van der Waals surface area (Å²) in [5.41, 5.74) is 2.65. The van der Waals surface area contributed by atoms with Crippen LogP contribution in [0.15, 0.2) is 36.7 Å². The molecule has 0 saturated carbocycles. The van der Waals surface area contributed by atoms with Crippen LogP contribution in [0.2, 0.25) is 0 Å². The molecule has 0 bridgehead atoms. The number of aliphatic hydroxyl groups excluding tert-OH is 1. The summed E-state index contributed by atoms with van der Waals surface area (Å²) in [5.74, 6) is 1.08. The van der Waals surface area contributed by atoms with Crippen molar-refractivity contribution in [2.45, 2.75) is 25.5 Å². The Kier molecular flexibility index (Phi) is 5.21. The highest BCUT2D eigenvalue weighted by Crippen LogP contribution is 2.31. The third-order valence-electron chi connectivity index (χ3n) is 5.07. The van der Waals surface area contributed by atoms with Crippen LogP contribution in [0.1, 0.15) is 30.3 Å². The average molecular weight is 328 g/mol. The minimum Gasteiger partial charge on any atom is -0.385 e. The van der Waals surface area contributed by atoms with Gasteiger partial charge in [-0.25, -0.2) is 4.98 Å². The second-order valence-electron chi connectivity index (χ2n) is 6.98. The van der Waals surface area contributed by atoms with Crippen molar-refractivity contribution in [3.63, 3.8) is 0 Å². The number of aliphatic hydroxyl groups is 1. The molecule has 1 unspecified atom stereocenters. The Bertz CT molecular complexity index is 659. The number of hydrogen-bond acceptors (Lipinski definition) is 4. The quantitative estimate of drug-likeness (QED) is 0.915. The predicted molar refractivity (Wildman–Crippen MR) is 96.9 cm³/mol. The molecule has 0 aliphatic carbocycles. The van der Waals surface area contributed by atoms with Crippen LogP contribution in [0.25, 0.3) is 0 Å². The minimum absolute atomic E-state index is 0.298. The Morgan fingerprint density at radius 1 is 1.25 bits per heavy atom. The summed E-state index contributed by atoms with van der Waals surface area (Å²) in [7, 11) is 6.13. The molecule has 5 heteroatoms. The molecule has 1 aromatic heterocycles. The molecule has 0 amide bonds. The number of nitrogens with zero attached hydrogens (tertiary/aromatic N) is 4. The molecule has 1 atom stereocenters. The summed E-state index contributed by atoms with van der Waals surface area (Å²) in [6.07, 6.45) is 5.22. The summed E-state index contributed by atoms with van der Waals surface area (Å²) in [6.45, 7) is 3.02. The van der Waals surface area contributed by atoms with Gasteiger partial charge in [-0.3, -0.25) is 4.90 Å². The summed E-state index contributed by atoms with van der Waals surface area (Å²) < 4.78 is 1.92. The van der Waals surface area contributed by atoms with E-state index < -0.39 is 6.10 Å². The molecule has 24 heavy (non-hydrogen) atoms. The van der Waals surface area contributed by atoms with E-state index in [4.69, 9.17) is 0 Å². The second kappa shape index (κ2) is 7.36. The largest absolute Gasteiger partial charge is 0.385 e. The molecular weight excluding hydrogens is 300 g/mol. The van der Waals surface area contributed by atoms with Gasteiger partial charge < -0.3 is 14.6 Å². The van der Waals surface area contributed by atoms with Gasteiger partial charge >= 0.3 is 0 Å². The highest BCUT2D eigenvalue weighted by Gasteiger charge is 2.28. The third kappa shape index (κ3) is 3.62. The summed E-state index contributed by atoms with van der Waals surface area (Å²) in [5, 5.41) is 10.6. The Labute approximate surface area is 144 Å². The van der Waals surface area contributed by atoms with Gasteiger partial charge in [-0.15, -0.1) is 0 Å². The van der Waals surface area contributed by atoms with Gasteiger partial charge in [-0.1, -0.05) is 18.2 Å². The molecular formula is C19H28N4O. The zero-order valence-corrected chi connectivity index (χ0v) is 14.9. The molecule has 3 rings (SSSR count). The number of likely N-dealkylation sites (tertiary alicyclic amines) is 1. The minimum atomic E-state index is -0.457. The molecule has 1 N–H and O–H groups in total. The fourth-order valence-corrected chi connectivity index (χ4v) is 3.62. The number of imidazole rings is 1. The molecule has 1 aromatic carbocycles. The number of aryl methyl sites for hydroxylation is 1. The van der Waals surface area contributed by atoms with Crippen molar-refractivity contribution in [3.05, 3.63) is 48.0 Å². The highest BCUT2D eigenvalue weighted by molar-refractivity contribution is 5.52. The normalized spacial score (nSPS) is 17.8. The molecule has 2 heterocycles. The van der Waals surface area contributed by atoms with Crippen molar-refractivity contribution >= 4 is 5.69 Å². The lowest BCUT2D eigenvalue weighted by molar-refractivity contribution is 0.0492. The molecule has 0 spiro atoms. The number of para-hydroxylation sites is 1. The van der Waals surface area contributed by atoms with Gasteiger partial charge in [0.2, 0.25) is 0 Å². The van der Waals surface area contributed by atoms with Crippen molar-refractivity contribution in [1.82, 2.24) is 14.5 Å². The van der Waals surface area contributed by atoms with Crippen molar-refractivity contribution in [3.8, 4) is 0 Å². The van der Waals surface area contributed by atoms with Crippen LogP contribution < -0.4 is 4.90 Å². The molecule has 1 aliphatic rings. The number of benzene rings is 1. The van der Waals surface area contributed by atoms with Crippen LogP contribution in [-0.4, -0.2) is 46.7 Å². The van der Waals surface area contributed by atoms with Crippen LogP contribution in [0.5, 0.6) is 0 Å². The van der Waals surface area contributed by atoms with E-state index in [1.807, 2.05) is 17.8 Å². The van der Waals surface area contributed by atoms with E-state index in [9.17, 15) is 5.11 Å². The molecule has 130 valence electrons. The van der Waals surface area contributed by atoms with Gasteiger partial charge in [0.15, 0.2) is 0 Å². The topological polar surface area (TPSA) is 44.5 Å². The molecule has 1 saturated heterocycles. The Morgan fingerprint density at radius 3 is 2.58 bits per heavy atom. The van der Waals surface area contributed by atoms with Gasteiger partial charge in [0.1, 0.15) is 11.9 Å². The predicted octanol–water partition coefficient (Wildman–Crippen LogP) is 2.43. The fraction of sp³-hybridized carbons (Fsp3) is 0.526. The van der Waals surface area contributed by atoms with E-state index in [-0.39, 0.29) is 0 Å². The first kappa shape index (κ1) is 17.0. The Hall–Kier alpha value is -1.85. The molecule has 1 fully saturated rings. The highest BCUT2D eigenvalue weighted by atomic mass is 16.3. The van der Waals surface area contributed by atoms with Crippen LogP contribution >= 0.6 is 0 Å². The number of piperidine rings is 1. The maximum atomic E-state index is 10.6. The number of aromatic nitrogens is 2. The smallest absolute Gasteiger partial charge is 0.137 e. The summed E-state index contributed by atoms with van der Waals surface area (Å²) in [4.78, 5) is 8.97. The average Bonchev–Trinajstić information content (AvgIpc) is 3.01. The van der Waals surface area contributed by atoms with E-state index in [1.54, 1.807) is 6.20 Å². The Morgan fingerprint density at radius 2 is 1.96 bits per heavy atom. The van der Waals surface area contributed by atoms with Crippen molar-refractivity contribution < 1.29 is 5.11 Å². The van der Waals surface area contributed by atoms with E-state index in [0.717, 1.165) is 38.3 Å². The van der Waals surface area contributed by atoms with E-state index in [1.165, 1.54) is 11.3 Å². The van der Waals surface area contributed by atoms with Crippen LogP contribution in [0.3, 0.4) is 0 Å².